The average molecular weight is 275 g/mol. The van der Waals surface area contributed by atoms with Gasteiger partial charge in [0.25, 0.3) is 0 Å². The van der Waals surface area contributed by atoms with Gasteiger partial charge >= 0.3 is 0 Å². The number of nitrogens with zero attached hydrogens (tertiary/aromatic N) is 1. The van der Waals surface area contributed by atoms with E-state index in [1.54, 1.807) is 0 Å². The number of hydrogen-bond acceptors (Lipinski definition) is 3. The minimum absolute atomic E-state index is 0.268. The van der Waals surface area contributed by atoms with Crippen molar-refractivity contribution in [3.8, 4) is 0 Å². The lowest BCUT2D eigenvalue weighted by Crippen LogP contribution is -2.31. The lowest BCUT2D eigenvalue weighted by atomic mass is 9.79. The fourth-order valence-electron chi connectivity index (χ4n) is 2.52. The van der Waals surface area contributed by atoms with Crippen molar-refractivity contribution in [2.75, 3.05) is 14.1 Å². The molecule has 0 saturated heterocycles. The molecule has 0 spiro atoms. The van der Waals surface area contributed by atoms with Crippen molar-refractivity contribution >= 4 is 5.78 Å². The molecule has 0 atom stereocenters. The molecule has 0 amide bonds. The summed E-state index contributed by atoms with van der Waals surface area (Å²) >= 11 is 0. The monoisotopic (exact) mass is 275 g/mol. The van der Waals surface area contributed by atoms with Crippen LogP contribution in [0.15, 0.2) is 37.4 Å². The number of hydrogen-bond donors (Lipinski definition) is 1. The topological polar surface area (TPSA) is 40.5 Å². The molecule has 0 bridgehead atoms. The summed E-state index contributed by atoms with van der Waals surface area (Å²) < 4.78 is 0. The highest BCUT2D eigenvalue weighted by atomic mass is 16.3. The fourth-order valence-corrected chi connectivity index (χ4v) is 2.52. The molecule has 0 heterocycles. The van der Waals surface area contributed by atoms with Gasteiger partial charge in [-0.2, -0.15) is 0 Å². The van der Waals surface area contributed by atoms with Crippen molar-refractivity contribution in [1.29, 1.82) is 0 Å². The molecule has 1 N–H and O–H groups in total. The summed E-state index contributed by atoms with van der Waals surface area (Å²) in [6.07, 6.45) is 2.10. The van der Waals surface area contributed by atoms with Crippen molar-refractivity contribution < 1.29 is 9.90 Å². The molecular formula is C17H25NO2. The predicted octanol–water partition coefficient (Wildman–Crippen LogP) is 2.88. The summed E-state index contributed by atoms with van der Waals surface area (Å²) in [5.74, 6) is 0.268. The van der Waals surface area contributed by atoms with Gasteiger partial charge < -0.3 is 10.0 Å². The van der Waals surface area contributed by atoms with E-state index >= 15 is 0 Å². The van der Waals surface area contributed by atoms with Crippen LogP contribution in [0.3, 0.4) is 0 Å². The van der Waals surface area contributed by atoms with E-state index in [1.807, 2.05) is 26.2 Å². The molecule has 0 radical (unpaired) electrons. The fraction of sp³-hybridized carbons (Fsp3) is 0.471. The molecule has 0 aliphatic heterocycles. The highest BCUT2D eigenvalue weighted by molar-refractivity contribution is 5.79. The molecule has 3 nitrogen and oxygen atoms in total. The third-order valence-electron chi connectivity index (χ3n) is 3.62. The van der Waals surface area contributed by atoms with Crippen LogP contribution in [-0.4, -0.2) is 29.9 Å². The number of carbonyl (C=O) groups is 1. The van der Waals surface area contributed by atoms with Gasteiger partial charge in [-0.3, -0.25) is 4.79 Å². The Kier molecular flexibility index (Phi) is 6.11. The van der Waals surface area contributed by atoms with Crippen molar-refractivity contribution in [2.24, 2.45) is 0 Å². The van der Waals surface area contributed by atoms with Crippen molar-refractivity contribution in [3.05, 3.63) is 48.6 Å². The van der Waals surface area contributed by atoms with Gasteiger partial charge in [-0.05, 0) is 38.1 Å². The minimum atomic E-state index is -0.801. The van der Waals surface area contributed by atoms with Crippen LogP contribution in [0.25, 0.3) is 0 Å². The van der Waals surface area contributed by atoms with E-state index in [0.29, 0.717) is 25.7 Å². The summed E-state index contributed by atoms with van der Waals surface area (Å²) in [6, 6.07) is 8.11. The molecule has 1 saturated carbocycles. The number of ketones is 1. The molecule has 1 aromatic carbocycles. The zero-order valence-corrected chi connectivity index (χ0v) is 12.6. The van der Waals surface area contributed by atoms with Gasteiger partial charge in [-0.25, -0.2) is 0 Å². The Hall–Kier alpha value is -1.45. The van der Waals surface area contributed by atoms with Crippen LogP contribution in [0.5, 0.6) is 0 Å². The smallest absolute Gasteiger partial charge is 0.133 e. The quantitative estimate of drug-likeness (QED) is 0.862. The van der Waals surface area contributed by atoms with E-state index in [-0.39, 0.29) is 5.78 Å². The summed E-state index contributed by atoms with van der Waals surface area (Å²) in [5.41, 5.74) is 1.38. The summed E-state index contributed by atoms with van der Waals surface area (Å²) in [5, 5.41) is 10.6. The first kappa shape index (κ1) is 16.6. The Balaban J connectivity index is 0.000000956. The van der Waals surface area contributed by atoms with Gasteiger partial charge in [0.15, 0.2) is 0 Å². The second-order valence-electron chi connectivity index (χ2n) is 5.50. The van der Waals surface area contributed by atoms with Gasteiger partial charge in [0.2, 0.25) is 0 Å². The van der Waals surface area contributed by atoms with Crippen LogP contribution in [-0.2, 0) is 16.9 Å². The highest BCUT2D eigenvalue weighted by Gasteiger charge is 2.33. The van der Waals surface area contributed by atoms with Crippen molar-refractivity contribution in [1.82, 2.24) is 4.90 Å². The molecular weight excluding hydrogens is 250 g/mol. The Bertz CT molecular complexity index is 427. The molecule has 0 unspecified atom stereocenters. The van der Waals surface area contributed by atoms with Crippen molar-refractivity contribution in [3.63, 3.8) is 0 Å². The van der Waals surface area contributed by atoms with Crippen LogP contribution in [0.4, 0.5) is 0 Å². The second kappa shape index (κ2) is 7.36. The number of rotatable bonds is 3. The Morgan fingerprint density at radius 1 is 1.15 bits per heavy atom. The largest absolute Gasteiger partial charge is 0.385 e. The summed E-state index contributed by atoms with van der Waals surface area (Å²) in [4.78, 5) is 13.4. The summed E-state index contributed by atoms with van der Waals surface area (Å²) in [6.45, 7) is 6.90. The van der Waals surface area contributed by atoms with E-state index in [0.717, 1.165) is 12.1 Å². The van der Waals surface area contributed by atoms with E-state index in [9.17, 15) is 9.90 Å². The second-order valence-corrected chi connectivity index (χ2v) is 5.50. The van der Waals surface area contributed by atoms with E-state index < -0.39 is 5.60 Å². The molecule has 110 valence electrons. The molecule has 1 fully saturated rings. The molecule has 20 heavy (non-hydrogen) atoms. The minimum Gasteiger partial charge on any atom is -0.385 e. The Labute approximate surface area is 121 Å². The first-order valence-corrected chi connectivity index (χ1v) is 6.98. The maximum absolute atomic E-state index is 11.2. The predicted molar refractivity (Wildman–Crippen MR) is 82.5 cm³/mol. The third kappa shape index (κ3) is 4.29. The number of Topliss-reactive ketones (excluding diaryl/α,β-unsaturated/α-hetero) is 1. The van der Waals surface area contributed by atoms with Gasteiger partial charge in [-0.15, -0.1) is 13.2 Å². The first-order chi connectivity index (χ1) is 9.49. The maximum atomic E-state index is 11.2. The van der Waals surface area contributed by atoms with Crippen LogP contribution < -0.4 is 0 Å². The molecule has 3 heteroatoms. The highest BCUT2D eigenvalue weighted by Crippen LogP contribution is 2.35. The molecule has 1 aliphatic rings. The van der Waals surface area contributed by atoms with E-state index in [4.69, 9.17) is 0 Å². The third-order valence-corrected chi connectivity index (χ3v) is 3.62. The molecule has 2 rings (SSSR count). The SMILES string of the molecule is C=C.CN(C)Cc1ccc(C2(O)CCC(=O)CC2)cc1. The normalized spacial score (nSPS) is 17.5. The van der Waals surface area contributed by atoms with E-state index in [2.05, 4.69) is 30.2 Å². The van der Waals surface area contributed by atoms with Crippen LogP contribution in [0.1, 0.15) is 36.8 Å². The standard InChI is InChI=1S/C15H21NO2.C2H4/c1-16(2)11-12-3-5-13(6-4-12)15(18)9-7-14(17)8-10-15;1-2/h3-6,18H,7-11H2,1-2H3;1-2H2. The summed E-state index contributed by atoms with van der Waals surface area (Å²) in [7, 11) is 4.07. The lowest BCUT2D eigenvalue weighted by molar-refractivity contribution is -0.125. The van der Waals surface area contributed by atoms with Gasteiger partial charge in [-0.1, -0.05) is 24.3 Å². The van der Waals surface area contributed by atoms with Gasteiger partial charge in [0.05, 0.1) is 5.60 Å². The Morgan fingerprint density at radius 3 is 2.10 bits per heavy atom. The molecule has 1 aliphatic carbocycles. The maximum Gasteiger partial charge on any atom is 0.133 e. The lowest BCUT2D eigenvalue weighted by Gasteiger charge is -2.32. The molecule has 1 aromatic rings. The molecule has 0 aromatic heterocycles. The van der Waals surface area contributed by atoms with Crippen LogP contribution in [0, 0.1) is 0 Å². The number of aliphatic hydroxyl groups is 1. The van der Waals surface area contributed by atoms with Gasteiger partial charge in [0.1, 0.15) is 5.78 Å². The first-order valence-electron chi connectivity index (χ1n) is 6.98. The zero-order chi connectivity index (χ0) is 15.2. The van der Waals surface area contributed by atoms with Gasteiger partial charge in [0, 0.05) is 19.4 Å². The van der Waals surface area contributed by atoms with E-state index in [1.165, 1.54) is 5.56 Å². The Morgan fingerprint density at radius 2 is 1.65 bits per heavy atom. The number of carbonyl (C=O) groups excluding carboxylic acids is 1. The van der Waals surface area contributed by atoms with Crippen molar-refractivity contribution in [2.45, 2.75) is 37.8 Å². The zero-order valence-electron chi connectivity index (χ0n) is 12.6. The number of benzene rings is 1. The van der Waals surface area contributed by atoms with Crippen LogP contribution >= 0.6 is 0 Å². The average Bonchev–Trinajstić information content (AvgIpc) is 2.45. The van der Waals surface area contributed by atoms with Crippen LogP contribution in [0.2, 0.25) is 0 Å².